The van der Waals surface area contributed by atoms with Crippen molar-refractivity contribution >= 4 is 17.2 Å². The van der Waals surface area contributed by atoms with Crippen LogP contribution in [0, 0.1) is 12.7 Å². The number of hydrogen-bond donors (Lipinski definition) is 1. The van der Waals surface area contributed by atoms with Crippen molar-refractivity contribution in [3.05, 3.63) is 80.2 Å². The van der Waals surface area contributed by atoms with E-state index in [-0.39, 0.29) is 11.4 Å². The molecule has 1 aromatic carbocycles. The van der Waals surface area contributed by atoms with Crippen LogP contribution in [-0.4, -0.2) is 46.8 Å². The maximum Gasteiger partial charge on any atom is 0.278 e. The summed E-state index contributed by atoms with van der Waals surface area (Å²) in [6.45, 7) is 5.38. The molecule has 1 amide bonds. The Morgan fingerprint density at radius 3 is 2.66 bits per heavy atom. The normalized spacial score (nSPS) is 14.9. The zero-order valence-electron chi connectivity index (χ0n) is 16.1. The highest BCUT2D eigenvalue weighted by molar-refractivity contribution is 7.09. The number of nitrogens with zero attached hydrogens (tertiary/aromatic N) is 3. The van der Waals surface area contributed by atoms with Gasteiger partial charge in [-0.15, -0.1) is 11.3 Å². The summed E-state index contributed by atoms with van der Waals surface area (Å²) in [5, 5.41) is 6.29. The van der Waals surface area contributed by atoms with Crippen molar-refractivity contribution in [1.82, 2.24) is 14.7 Å². The third-order valence-corrected chi connectivity index (χ3v) is 6.03. The van der Waals surface area contributed by atoms with Crippen LogP contribution >= 0.6 is 11.3 Å². The van der Waals surface area contributed by atoms with Gasteiger partial charge in [-0.05, 0) is 30.5 Å². The minimum Gasteiger partial charge on any atom is -0.328 e. The van der Waals surface area contributed by atoms with E-state index in [4.69, 9.17) is 0 Å². The number of rotatable bonds is 4. The highest BCUT2D eigenvalue weighted by Gasteiger charge is 2.28. The number of nitrogens with one attached hydrogen (secondary N) is 1. The summed E-state index contributed by atoms with van der Waals surface area (Å²) in [6, 6.07) is 11.7. The third kappa shape index (κ3) is 4.13. The summed E-state index contributed by atoms with van der Waals surface area (Å²) >= 11 is 1.74. The second-order valence-electron chi connectivity index (χ2n) is 7.16. The molecule has 1 fully saturated rings. The van der Waals surface area contributed by atoms with E-state index in [0.717, 1.165) is 19.6 Å². The molecule has 3 aromatic rings. The molecule has 2 aromatic heterocycles. The van der Waals surface area contributed by atoms with E-state index in [2.05, 4.69) is 16.5 Å². The van der Waals surface area contributed by atoms with E-state index in [0.29, 0.717) is 18.8 Å². The number of amides is 1. The lowest BCUT2D eigenvalue weighted by Crippen LogP contribution is -3.13. The zero-order chi connectivity index (χ0) is 20.4. The van der Waals surface area contributed by atoms with Gasteiger partial charge in [0.15, 0.2) is 5.69 Å². The Hall–Kier alpha value is -2.84. The molecule has 0 unspecified atom stereocenters. The monoisotopic (exact) mass is 413 g/mol. The van der Waals surface area contributed by atoms with Gasteiger partial charge in [0.1, 0.15) is 18.0 Å². The quantitative estimate of drug-likeness (QED) is 0.701. The van der Waals surface area contributed by atoms with Crippen LogP contribution in [0.25, 0.3) is 5.69 Å². The molecule has 0 radical (unpaired) electrons. The van der Waals surface area contributed by atoms with Gasteiger partial charge in [-0.2, -0.15) is 5.10 Å². The van der Waals surface area contributed by atoms with Gasteiger partial charge in [0.2, 0.25) is 5.43 Å². The lowest BCUT2D eigenvalue weighted by Gasteiger charge is -2.31. The number of carbonyl (C=O) groups is 1. The Balaban J connectivity index is 1.53. The van der Waals surface area contributed by atoms with Crippen molar-refractivity contribution in [2.24, 2.45) is 0 Å². The van der Waals surface area contributed by atoms with Crippen LogP contribution in [0.5, 0.6) is 0 Å². The average molecular weight is 413 g/mol. The van der Waals surface area contributed by atoms with Gasteiger partial charge in [0.25, 0.3) is 5.91 Å². The van der Waals surface area contributed by atoms with Crippen molar-refractivity contribution in [1.29, 1.82) is 0 Å². The molecule has 150 valence electrons. The van der Waals surface area contributed by atoms with Crippen LogP contribution in [0.4, 0.5) is 4.39 Å². The van der Waals surface area contributed by atoms with E-state index in [1.54, 1.807) is 41.4 Å². The summed E-state index contributed by atoms with van der Waals surface area (Å²) in [6.07, 6.45) is 0. The molecule has 29 heavy (non-hydrogen) atoms. The van der Waals surface area contributed by atoms with Crippen molar-refractivity contribution in [3.8, 4) is 5.69 Å². The van der Waals surface area contributed by atoms with E-state index >= 15 is 0 Å². The molecule has 0 bridgehead atoms. The number of aromatic nitrogens is 2. The van der Waals surface area contributed by atoms with Crippen LogP contribution < -0.4 is 10.3 Å². The standard InChI is InChI=1S/C21H21FN4O2S/c1-15-13-19(27)20(23-26(15)18-7-3-2-6-17(18)22)21(28)25-10-8-24(9-11-25)14-16-5-4-12-29-16/h2-7,12-13H,8-11,14H2,1H3/p+1. The third-order valence-electron chi connectivity index (χ3n) is 5.15. The van der Waals surface area contributed by atoms with Crippen LogP contribution in [-0.2, 0) is 6.54 Å². The Morgan fingerprint density at radius 2 is 1.97 bits per heavy atom. The number of halogens is 1. The number of thiophene rings is 1. The van der Waals surface area contributed by atoms with Gasteiger partial charge in [0, 0.05) is 11.8 Å². The number of aryl methyl sites for hydroxylation is 1. The molecule has 0 spiro atoms. The van der Waals surface area contributed by atoms with Crippen LogP contribution in [0.3, 0.4) is 0 Å². The summed E-state index contributed by atoms with van der Waals surface area (Å²) in [4.78, 5) is 29.8. The fraction of sp³-hybridized carbons (Fsp3) is 0.286. The van der Waals surface area contributed by atoms with Gasteiger partial charge in [-0.3, -0.25) is 9.59 Å². The van der Waals surface area contributed by atoms with Gasteiger partial charge in [-0.25, -0.2) is 9.07 Å². The first-order valence-corrected chi connectivity index (χ1v) is 10.4. The molecular formula is C21H22FN4O2S+. The largest absolute Gasteiger partial charge is 0.328 e. The number of hydrogen-bond acceptors (Lipinski definition) is 4. The number of quaternary nitrogens is 1. The number of carbonyl (C=O) groups excluding carboxylic acids is 1. The molecule has 1 aliphatic heterocycles. The smallest absolute Gasteiger partial charge is 0.278 e. The van der Waals surface area contributed by atoms with E-state index in [1.165, 1.54) is 26.6 Å². The molecule has 1 saturated heterocycles. The molecule has 4 rings (SSSR count). The molecule has 3 heterocycles. The first-order chi connectivity index (χ1) is 14.0. The summed E-state index contributed by atoms with van der Waals surface area (Å²) in [5.74, 6) is -0.855. The van der Waals surface area contributed by atoms with E-state index in [9.17, 15) is 14.0 Å². The molecular weight excluding hydrogens is 391 g/mol. The first-order valence-electron chi connectivity index (χ1n) is 9.54. The second-order valence-corrected chi connectivity index (χ2v) is 8.19. The Kier molecular flexibility index (Phi) is 5.55. The number of benzene rings is 1. The Morgan fingerprint density at radius 1 is 1.21 bits per heavy atom. The molecule has 0 atom stereocenters. The van der Waals surface area contributed by atoms with Gasteiger partial charge >= 0.3 is 0 Å². The highest BCUT2D eigenvalue weighted by atomic mass is 32.1. The molecule has 1 aliphatic rings. The Bertz CT molecular complexity index is 1070. The number of piperazine rings is 1. The second kappa shape index (κ2) is 8.26. The van der Waals surface area contributed by atoms with Crippen molar-refractivity contribution in [3.63, 3.8) is 0 Å². The topological polar surface area (TPSA) is 59.6 Å². The minimum atomic E-state index is -0.462. The fourth-order valence-corrected chi connectivity index (χ4v) is 4.35. The molecule has 0 aliphatic carbocycles. The van der Waals surface area contributed by atoms with Gasteiger partial charge in [0.05, 0.1) is 31.1 Å². The SMILES string of the molecule is Cc1cc(=O)c(C(=O)N2CC[NH+](Cc3cccs3)CC2)nn1-c1ccccc1F. The van der Waals surface area contributed by atoms with Crippen LogP contribution in [0.15, 0.2) is 52.6 Å². The van der Waals surface area contributed by atoms with E-state index in [1.807, 2.05) is 6.07 Å². The summed E-state index contributed by atoms with van der Waals surface area (Å²) < 4.78 is 15.5. The molecule has 8 heteroatoms. The highest BCUT2D eigenvalue weighted by Crippen LogP contribution is 2.13. The van der Waals surface area contributed by atoms with Crippen LogP contribution in [0.2, 0.25) is 0 Å². The molecule has 1 N–H and O–H groups in total. The zero-order valence-corrected chi connectivity index (χ0v) is 16.9. The van der Waals surface area contributed by atoms with E-state index < -0.39 is 17.2 Å². The van der Waals surface area contributed by atoms with Crippen LogP contribution in [0.1, 0.15) is 21.1 Å². The van der Waals surface area contributed by atoms with Crippen molar-refractivity contribution in [2.75, 3.05) is 26.2 Å². The predicted octanol–water partition coefficient (Wildman–Crippen LogP) is 1.28. The lowest BCUT2D eigenvalue weighted by atomic mass is 10.2. The maximum absolute atomic E-state index is 14.2. The van der Waals surface area contributed by atoms with Gasteiger partial charge < -0.3 is 9.80 Å². The lowest BCUT2D eigenvalue weighted by molar-refractivity contribution is -0.917. The molecule has 0 saturated carbocycles. The van der Waals surface area contributed by atoms with Crippen molar-refractivity contribution in [2.45, 2.75) is 13.5 Å². The Labute approximate surface area is 171 Å². The maximum atomic E-state index is 14.2. The predicted molar refractivity (Wildman–Crippen MR) is 109 cm³/mol. The first kappa shape index (κ1) is 19.5. The number of para-hydroxylation sites is 1. The summed E-state index contributed by atoms with van der Waals surface area (Å²) in [5.41, 5.74) is 0.0835. The summed E-state index contributed by atoms with van der Waals surface area (Å²) in [7, 11) is 0. The fourth-order valence-electron chi connectivity index (χ4n) is 3.58. The molecule has 6 nitrogen and oxygen atoms in total. The minimum absolute atomic E-state index is 0.166. The van der Waals surface area contributed by atoms with Gasteiger partial charge in [-0.1, -0.05) is 18.2 Å². The van der Waals surface area contributed by atoms with Crippen molar-refractivity contribution < 1.29 is 14.1 Å². The average Bonchev–Trinajstić information content (AvgIpc) is 3.22.